The molecule has 1 aromatic rings. The third-order valence-corrected chi connectivity index (χ3v) is 7.48. The summed E-state index contributed by atoms with van der Waals surface area (Å²) < 4.78 is 31.7. The number of aryl methyl sites for hydroxylation is 2. The summed E-state index contributed by atoms with van der Waals surface area (Å²) in [4.78, 5) is 17.1. The first-order valence-corrected chi connectivity index (χ1v) is 12.5. The van der Waals surface area contributed by atoms with E-state index in [0.29, 0.717) is 25.4 Å². The van der Waals surface area contributed by atoms with Crippen LogP contribution in [0.3, 0.4) is 0 Å². The number of nitrogens with zero attached hydrogens (tertiary/aromatic N) is 4. The van der Waals surface area contributed by atoms with Crippen LogP contribution in [-0.2, 0) is 21.2 Å². The van der Waals surface area contributed by atoms with Crippen LogP contribution in [0.2, 0.25) is 0 Å². The molecule has 0 radical (unpaired) electrons. The van der Waals surface area contributed by atoms with E-state index < -0.39 is 10.0 Å². The lowest BCUT2D eigenvalue weighted by Gasteiger charge is -2.38. The monoisotopic (exact) mass is 426 g/mol. The summed E-state index contributed by atoms with van der Waals surface area (Å²) in [5, 5.41) is 3.92. The molecule has 29 heavy (non-hydrogen) atoms. The lowest BCUT2D eigenvalue weighted by atomic mass is 10.0. The van der Waals surface area contributed by atoms with Crippen molar-refractivity contribution < 1.29 is 17.7 Å². The van der Waals surface area contributed by atoms with Gasteiger partial charge in [0, 0.05) is 31.2 Å². The fourth-order valence-electron chi connectivity index (χ4n) is 4.51. The molecule has 0 bridgehead atoms. The van der Waals surface area contributed by atoms with Crippen molar-refractivity contribution >= 4 is 15.9 Å². The highest BCUT2D eigenvalue weighted by Gasteiger charge is 2.32. The van der Waals surface area contributed by atoms with Crippen LogP contribution in [0.15, 0.2) is 4.52 Å². The molecule has 1 atom stereocenters. The van der Waals surface area contributed by atoms with Crippen LogP contribution in [0.5, 0.6) is 0 Å². The number of hydrogen-bond donors (Lipinski definition) is 0. The normalized spacial score (nSPS) is 21.2. The van der Waals surface area contributed by atoms with E-state index in [1.165, 1.54) is 19.1 Å². The van der Waals surface area contributed by atoms with Crippen molar-refractivity contribution in [2.75, 3.05) is 45.5 Å². The zero-order valence-corrected chi connectivity index (χ0v) is 18.7. The summed E-state index contributed by atoms with van der Waals surface area (Å²) in [5.74, 6) is 0.679. The first-order valence-electron chi connectivity index (χ1n) is 10.6. The Morgan fingerprint density at radius 1 is 1.21 bits per heavy atom. The highest BCUT2D eigenvalue weighted by atomic mass is 32.2. The van der Waals surface area contributed by atoms with Gasteiger partial charge in [0.15, 0.2) is 0 Å². The number of carbonyl (C=O) groups is 1. The van der Waals surface area contributed by atoms with Gasteiger partial charge in [0.2, 0.25) is 15.9 Å². The number of carbonyl (C=O) groups excluding carboxylic acids is 1. The molecule has 0 aliphatic carbocycles. The molecule has 2 saturated heterocycles. The molecule has 2 aliphatic heterocycles. The maximum Gasteiger partial charge on any atom is 0.227 e. The highest BCUT2D eigenvalue weighted by molar-refractivity contribution is 7.88. The standard InChI is InChI=1S/C20H34N4O4S/c1-16-19(17(2)28-21-16)14-20(25)23-12-6-8-18(15-23)24(29(3,26)27)13-7-11-22-9-4-5-10-22/h18H,4-15H2,1-3H3. The van der Waals surface area contributed by atoms with Crippen LogP contribution >= 0.6 is 0 Å². The molecule has 3 rings (SSSR count). The maximum absolute atomic E-state index is 12.9. The van der Waals surface area contributed by atoms with E-state index in [-0.39, 0.29) is 18.4 Å². The van der Waals surface area contributed by atoms with Gasteiger partial charge in [0.25, 0.3) is 0 Å². The number of likely N-dealkylation sites (tertiary alicyclic amines) is 2. The van der Waals surface area contributed by atoms with Gasteiger partial charge in [-0.1, -0.05) is 5.16 Å². The first-order chi connectivity index (χ1) is 13.8. The molecule has 164 valence electrons. The van der Waals surface area contributed by atoms with Crippen molar-refractivity contribution in [2.45, 2.75) is 58.4 Å². The minimum atomic E-state index is -3.32. The third kappa shape index (κ3) is 5.79. The fraction of sp³-hybridized carbons (Fsp3) is 0.800. The van der Waals surface area contributed by atoms with Crippen molar-refractivity contribution in [1.82, 2.24) is 19.3 Å². The SMILES string of the molecule is Cc1noc(C)c1CC(=O)N1CCCC(N(CCCN2CCCC2)S(C)(=O)=O)C1. The van der Waals surface area contributed by atoms with E-state index in [0.717, 1.165) is 50.2 Å². The average molecular weight is 427 g/mol. The minimum absolute atomic E-state index is 0.00891. The van der Waals surface area contributed by atoms with Crippen molar-refractivity contribution in [3.8, 4) is 0 Å². The third-order valence-electron chi connectivity index (χ3n) is 6.14. The number of rotatable bonds is 8. The summed E-state index contributed by atoms with van der Waals surface area (Å²) in [5.41, 5.74) is 1.58. The van der Waals surface area contributed by atoms with Crippen molar-refractivity contribution in [1.29, 1.82) is 0 Å². The van der Waals surface area contributed by atoms with Gasteiger partial charge in [-0.05, 0) is 65.6 Å². The Bertz CT molecular complexity index is 782. The van der Waals surface area contributed by atoms with Crippen molar-refractivity contribution in [3.05, 3.63) is 17.0 Å². The van der Waals surface area contributed by atoms with Gasteiger partial charge >= 0.3 is 0 Å². The molecule has 1 unspecified atom stereocenters. The van der Waals surface area contributed by atoms with Gasteiger partial charge in [-0.3, -0.25) is 4.79 Å². The number of piperidine rings is 1. The fourth-order valence-corrected chi connectivity index (χ4v) is 5.68. The van der Waals surface area contributed by atoms with Gasteiger partial charge in [-0.15, -0.1) is 0 Å². The Labute approximate surface area is 174 Å². The average Bonchev–Trinajstić information content (AvgIpc) is 3.29. The Morgan fingerprint density at radius 2 is 1.93 bits per heavy atom. The predicted molar refractivity (Wildman–Crippen MR) is 111 cm³/mol. The number of sulfonamides is 1. The zero-order valence-electron chi connectivity index (χ0n) is 17.9. The van der Waals surface area contributed by atoms with E-state index in [9.17, 15) is 13.2 Å². The largest absolute Gasteiger partial charge is 0.361 e. The summed E-state index contributed by atoms with van der Waals surface area (Å²) in [6.45, 7) is 8.47. The van der Waals surface area contributed by atoms with Crippen molar-refractivity contribution in [3.63, 3.8) is 0 Å². The van der Waals surface area contributed by atoms with Gasteiger partial charge in [0.05, 0.1) is 18.4 Å². The minimum Gasteiger partial charge on any atom is -0.361 e. The van der Waals surface area contributed by atoms with E-state index in [4.69, 9.17) is 4.52 Å². The predicted octanol–water partition coefficient (Wildman–Crippen LogP) is 1.57. The summed E-state index contributed by atoms with van der Waals surface area (Å²) in [6.07, 6.45) is 6.45. The molecular weight excluding hydrogens is 392 g/mol. The summed E-state index contributed by atoms with van der Waals surface area (Å²) in [7, 11) is -3.32. The molecule has 8 nitrogen and oxygen atoms in total. The van der Waals surface area contributed by atoms with Gasteiger partial charge in [0.1, 0.15) is 5.76 Å². The lowest BCUT2D eigenvalue weighted by Crippen LogP contribution is -2.52. The Morgan fingerprint density at radius 3 is 2.55 bits per heavy atom. The van der Waals surface area contributed by atoms with E-state index in [1.54, 1.807) is 9.21 Å². The first kappa shape index (κ1) is 22.2. The highest BCUT2D eigenvalue weighted by Crippen LogP contribution is 2.21. The van der Waals surface area contributed by atoms with Crippen LogP contribution in [0.4, 0.5) is 0 Å². The molecule has 0 spiro atoms. The number of amides is 1. The Balaban J connectivity index is 1.60. The molecular formula is C20H34N4O4S. The second kappa shape index (κ2) is 9.57. The molecule has 2 aliphatic rings. The van der Waals surface area contributed by atoms with E-state index in [2.05, 4.69) is 10.1 Å². The van der Waals surface area contributed by atoms with E-state index in [1.807, 2.05) is 13.8 Å². The molecule has 1 amide bonds. The summed E-state index contributed by atoms with van der Waals surface area (Å²) in [6, 6.07) is -0.147. The number of hydrogen-bond acceptors (Lipinski definition) is 6. The molecule has 0 saturated carbocycles. The van der Waals surface area contributed by atoms with Gasteiger partial charge in [-0.2, -0.15) is 4.31 Å². The molecule has 1 aromatic heterocycles. The topological polar surface area (TPSA) is 87.0 Å². The molecule has 0 N–H and O–H groups in total. The zero-order chi connectivity index (χ0) is 21.0. The van der Waals surface area contributed by atoms with Crippen LogP contribution in [-0.4, -0.2) is 85.2 Å². The Kier molecular flexibility index (Phi) is 7.34. The molecule has 2 fully saturated rings. The van der Waals surface area contributed by atoms with Crippen LogP contribution < -0.4 is 0 Å². The Hall–Kier alpha value is -1.45. The number of aromatic nitrogens is 1. The smallest absolute Gasteiger partial charge is 0.227 e. The quantitative estimate of drug-likeness (QED) is 0.627. The van der Waals surface area contributed by atoms with Gasteiger partial charge < -0.3 is 14.3 Å². The van der Waals surface area contributed by atoms with Crippen LogP contribution in [0.1, 0.15) is 49.1 Å². The van der Waals surface area contributed by atoms with Crippen molar-refractivity contribution in [2.24, 2.45) is 0 Å². The lowest BCUT2D eigenvalue weighted by molar-refractivity contribution is -0.132. The van der Waals surface area contributed by atoms with Crippen LogP contribution in [0.25, 0.3) is 0 Å². The second-order valence-corrected chi connectivity index (χ2v) is 10.3. The summed E-state index contributed by atoms with van der Waals surface area (Å²) >= 11 is 0. The van der Waals surface area contributed by atoms with E-state index >= 15 is 0 Å². The molecule has 3 heterocycles. The molecule has 0 aromatic carbocycles. The van der Waals surface area contributed by atoms with Crippen LogP contribution in [0, 0.1) is 13.8 Å². The maximum atomic E-state index is 12.9. The molecule has 9 heteroatoms. The van der Waals surface area contributed by atoms with Gasteiger partial charge in [-0.25, -0.2) is 8.42 Å². The second-order valence-electron chi connectivity index (χ2n) is 8.39.